The summed E-state index contributed by atoms with van der Waals surface area (Å²) in [5.74, 6) is -1.37. The van der Waals surface area contributed by atoms with Crippen molar-refractivity contribution in [3.8, 4) is 0 Å². The first-order chi connectivity index (χ1) is 9.40. The van der Waals surface area contributed by atoms with Gasteiger partial charge in [-0.3, -0.25) is 0 Å². The van der Waals surface area contributed by atoms with Gasteiger partial charge in [-0.2, -0.15) is 0 Å². The Balaban J connectivity index is 2.17. The molecule has 0 heterocycles. The van der Waals surface area contributed by atoms with Crippen LogP contribution in [0.1, 0.15) is 12.5 Å². The Bertz CT molecular complexity index is 579. The highest BCUT2D eigenvalue weighted by molar-refractivity contribution is 9.10. The van der Waals surface area contributed by atoms with Crippen LogP contribution in [0.5, 0.6) is 0 Å². The van der Waals surface area contributed by atoms with Gasteiger partial charge in [0.05, 0.1) is 5.69 Å². The minimum atomic E-state index is -1.17. The van der Waals surface area contributed by atoms with Crippen LogP contribution < -0.4 is 5.32 Å². The van der Waals surface area contributed by atoms with Crippen LogP contribution in [0.3, 0.4) is 0 Å². The fraction of sp³-hybridized carbons (Fsp3) is 0.200. The van der Waals surface area contributed by atoms with Crippen LogP contribution in [-0.2, 0) is 5.60 Å². The Labute approximate surface area is 124 Å². The van der Waals surface area contributed by atoms with Crippen LogP contribution in [0.15, 0.2) is 46.9 Å². The second-order valence-corrected chi connectivity index (χ2v) is 5.59. The molecule has 20 heavy (non-hydrogen) atoms. The Morgan fingerprint density at radius 3 is 2.45 bits per heavy atom. The SMILES string of the molecule is CC(O)(CNc1c(F)cc(F)cc1Br)c1ccccc1. The van der Waals surface area contributed by atoms with Crippen molar-refractivity contribution in [2.24, 2.45) is 0 Å². The highest BCUT2D eigenvalue weighted by Gasteiger charge is 2.23. The molecule has 106 valence electrons. The van der Waals surface area contributed by atoms with Crippen molar-refractivity contribution >= 4 is 21.6 Å². The van der Waals surface area contributed by atoms with Crippen molar-refractivity contribution in [1.82, 2.24) is 0 Å². The average molecular weight is 342 g/mol. The van der Waals surface area contributed by atoms with Crippen molar-refractivity contribution in [2.75, 3.05) is 11.9 Å². The molecule has 0 aliphatic heterocycles. The minimum absolute atomic E-state index is 0.0954. The molecule has 0 aromatic heterocycles. The quantitative estimate of drug-likeness (QED) is 0.879. The van der Waals surface area contributed by atoms with Gasteiger partial charge in [0, 0.05) is 17.1 Å². The molecule has 0 aliphatic rings. The van der Waals surface area contributed by atoms with E-state index < -0.39 is 17.2 Å². The third-order valence-corrected chi connectivity index (χ3v) is 3.64. The first-order valence-electron chi connectivity index (χ1n) is 6.06. The first kappa shape index (κ1) is 14.9. The molecule has 0 radical (unpaired) electrons. The highest BCUT2D eigenvalue weighted by atomic mass is 79.9. The molecule has 0 fully saturated rings. The second kappa shape index (κ2) is 5.89. The van der Waals surface area contributed by atoms with Gasteiger partial charge in [0.25, 0.3) is 0 Å². The largest absolute Gasteiger partial charge is 0.384 e. The van der Waals surface area contributed by atoms with E-state index in [2.05, 4.69) is 21.2 Å². The average Bonchev–Trinajstić information content (AvgIpc) is 2.38. The van der Waals surface area contributed by atoms with E-state index in [1.54, 1.807) is 19.1 Å². The van der Waals surface area contributed by atoms with Gasteiger partial charge in [0.1, 0.15) is 17.2 Å². The maximum atomic E-state index is 13.7. The third kappa shape index (κ3) is 3.35. The summed E-state index contributed by atoms with van der Waals surface area (Å²) in [5.41, 5.74) is -0.324. The van der Waals surface area contributed by atoms with Gasteiger partial charge in [-0.05, 0) is 34.5 Å². The van der Waals surface area contributed by atoms with Crippen molar-refractivity contribution in [3.05, 3.63) is 64.1 Å². The van der Waals surface area contributed by atoms with Crippen molar-refractivity contribution in [1.29, 1.82) is 0 Å². The Hall–Kier alpha value is -1.46. The van der Waals surface area contributed by atoms with Gasteiger partial charge in [0.2, 0.25) is 0 Å². The van der Waals surface area contributed by atoms with E-state index in [1.807, 2.05) is 18.2 Å². The van der Waals surface area contributed by atoms with E-state index in [0.29, 0.717) is 5.56 Å². The lowest BCUT2D eigenvalue weighted by Gasteiger charge is -2.25. The second-order valence-electron chi connectivity index (χ2n) is 4.74. The monoisotopic (exact) mass is 341 g/mol. The van der Waals surface area contributed by atoms with E-state index >= 15 is 0 Å². The summed E-state index contributed by atoms with van der Waals surface area (Å²) >= 11 is 3.10. The van der Waals surface area contributed by atoms with Gasteiger partial charge < -0.3 is 10.4 Å². The van der Waals surface area contributed by atoms with Gasteiger partial charge in [-0.1, -0.05) is 30.3 Å². The van der Waals surface area contributed by atoms with Crippen LogP contribution in [0.25, 0.3) is 0 Å². The summed E-state index contributed by atoms with van der Waals surface area (Å²) in [4.78, 5) is 0. The molecule has 2 aromatic rings. The molecule has 0 bridgehead atoms. The van der Waals surface area contributed by atoms with E-state index in [9.17, 15) is 13.9 Å². The summed E-state index contributed by atoms with van der Waals surface area (Å²) in [7, 11) is 0. The van der Waals surface area contributed by atoms with E-state index in [0.717, 1.165) is 6.07 Å². The molecule has 1 unspecified atom stereocenters. The molecule has 5 heteroatoms. The van der Waals surface area contributed by atoms with Crippen LogP contribution in [0.2, 0.25) is 0 Å². The molecule has 0 aliphatic carbocycles. The number of benzene rings is 2. The molecule has 1 atom stereocenters. The summed E-state index contributed by atoms with van der Waals surface area (Å²) in [6.45, 7) is 1.73. The summed E-state index contributed by atoms with van der Waals surface area (Å²) in [6.07, 6.45) is 0. The number of anilines is 1. The van der Waals surface area contributed by atoms with Crippen molar-refractivity contribution in [2.45, 2.75) is 12.5 Å². The number of rotatable bonds is 4. The predicted molar refractivity (Wildman–Crippen MR) is 78.6 cm³/mol. The number of hydrogen-bond acceptors (Lipinski definition) is 2. The summed E-state index contributed by atoms with van der Waals surface area (Å²) in [5, 5.41) is 13.2. The molecule has 0 spiro atoms. The predicted octanol–water partition coefficient (Wildman–Crippen LogP) is 4.05. The molecule has 2 nitrogen and oxygen atoms in total. The van der Waals surface area contributed by atoms with E-state index in [4.69, 9.17) is 0 Å². The molecule has 2 rings (SSSR count). The number of halogens is 3. The smallest absolute Gasteiger partial charge is 0.150 e. The molecule has 0 saturated heterocycles. The standard InChI is InChI=1S/C15H14BrF2NO/c1-15(20,10-5-3-2-4-6-10)9-19-14-12(16)7-11(17)8-13(14)18/h2-8,19-20H,9H2,1H3. The number of hydrogen-bond donors (Lipinski definition) is 2. The molecule has 2 aromatic carbocycles. The number of nitrogens with one attached hydrogen (secondary N) is 1. The van der Waals surface area contributed by atoms with Gasteiger partial charge in [0.15, 0.2) is 0 Å². The normalized spacial score (nSPS) is 13.8. The molecule has 0 saturated carbocycles. The Kier molecular flexibility index (Phi) is 4.40. The van der Waals surface area contributed by atoms with E-state index in [-0.39, 0.29) is 16.7 Å². The lowest BCUT2D eigenvalue weighted by atomic mass is 9.96. The van der Waals surface area contributed by atoms with Crippen LogP contribution in [0, 0.1) is 11.6 Å². The van der Waals surface area contributed by atoms with E-state index in [1.165, 1.54) is 6.07 Å². The zero-order valence-electron chi connectivity index (χ0n) is 10.8. The van der Waals surface area contributed by atoms with Gasteiger partial charge in [-0.15, -0.1) is 0 Å². The molecule has 0 amide bonds. The zero-order valence-corrected chi connectivity index (χ0v) is 12.4. The maximum absolute atomic E-state index is 13.7. The number of aliphatic hydroxyl groups is 1. The third-order valence-electron chi connectivity index (χ3n) is 3.01. The van der Waals surface area contributed by atoms with Crippen LogP contribution >= 0.6 is 15.9 Å². The molecular formula is C15H14BrF2NO. The fourth-order valence-electron chi connectivity index (χ4n) is 1.87. The maximum Gasteiger partial charge on any atom is 0.150 e. The first-order valence-corrected chi connectivity index (χ1v) is 6.86. The fourth-order valence-corrected chi connectivity index (χ4v) is 2.42. The lowest BCUT2D eigenvalue weighted by Crippen LogP contribution is -2.31. The minimum Gasteiger partial charge on any atom is -0.384 e. The Morgan fingerprint density at radius 1 is 1.20 bits per heavy atom. The summed E-state index contributed by atoms with van der Waals surface area (Å²) in [6, 6.07) is 11.0. The zero-order chi connectivity index (χ0) is 14.8. The highest BCUT2D eigenvalue weighted by Crippen LogP contribution is 2.28. The van der Waals surface area contributed by atoms with Crippen LogP contribution in [-0.4, -0.2) is 11.7 Å². The van der Waals surface area contributed by atoms with Crippen molar-refractivity contribution in [3.63, 3.8) is 0 Å². The van der Waals surface area contributed by atoms with Gasteiger partial charge in [-0.25, -0.2) is 8.78 Å². The molecular weight excluding hydrogens is 328 g/mol. The van der Waals surface area contributed by atoms with Crippen LogP contribution in [0.4, 0.5) is 14.5 Å². The Morgan fingerprint density at radius 2 is 1.85 bits per heavy atom. The topological polar surface area (TPSA) is 32.3 Å². The summed E-state index contributed by atoms with van der Waals surface area (Å²) < 4.78 is 27.0. The van der Waals surface area contributed by atoms with Gasteiger partial charge >= 0.3 is 0 Å². The molecule has 2 N–H and O–H groups in total. The lowest BCUT2D eigenvalue weighted by molar-refractivity contribution is 0.0714. The van der Waals surface area contributed by atoms with Crippen molar-refractivity contribution < 1.29 is 13.9 Å².